The van der Waals surface area contributed by atoms with Gasteiger partial charge >= 0.3 is 51.4 Å². The number of piperidine rings is 1. The van der Waals surface area contributed by atoms with Crippen LogP contribution in [0.15, 0.2) is 42.5 Å². The number of carbonyl (C=O) groups is 2. The van der Waals surface area contributed by atoms with Crippen LogP contribution in [0.25, 0.3) is 0 Å². The number of rotatable bonds is 8. The Morgan fingerprint density at radius 1 is 0.976 bits per heavy atom. The second-order valence-electron chi connectivity index (χ2n) is 10.7. The number of benzene rings is 2. The molecule has 2 fully saturated rings. The fraction of sp³-hybridized carbons (Fsp3) is 0.562. The molecule has 0 N–H and O–H groups in total. The number of methoxy groups -OCH3 is 1. The Kier molecular flexibility index (Phi) is 15.7. The van der Waals surface area contributed by atoms with Crippen LogP contribution in [0.2, 0.25) is 5.02 Å². The third kappa shape index (κ3) is 9.68. The minimum Gasteiger partial charge on any atom is -0.854 e. The molecular formula is C32H44ClKN2O5. The van der Waals surface area contributed by atoms with E-state index in [2.05, 4.69) is 0 Å². The smallest absolute Gasteiger partial charge is 0.854 e. The van der Waals surface area contributed by atoms with Crippen LogP contribution < -0.4 is 66.0 Å². The number of amides is 2. The van der Waals surface area contributed by atoms with Gasteiger partial charge in [-0.3, -0.25) is 9.59 Å². The maximum atomic E-state index is 13.2. The molecule has 1 aliphatic carbocycles. The van der Waals surface area contributed by atoms with Crippen molar-refractivity contribution in [1.29, 1.82) is 0 Å². The topological polar surface area (TPSA) is 82.1 Å². The minimum absolute atomic E-state index is 0. The van der Waals surface area contributed by atoms with Gasteiger partial charge in [0.1, 0.15) is 11.5 Å². The Morgan fingerprint density at radius 3 is 2.17 bits per heavy atom. The van der Waals surface area contributed by atoms with E-state index in [-0.39, 0.29) is 69.3 Å². The number of hydrogen-bond acceptors (Lipinski definition) is 5. The zero-order chi connectivity index (χ0) is 29.2. The SMILES string of the molecule is CC.COc1cccc(C(C[O-])C(=O)N2CCC(C3CCC(Oc4ccc(C(=O)N(C)C)c(Cl)c4)CC3)CC2)c1.[K+]. The van der Waals surface area contributed by atoms with Crippen molar-refractivity contribution in [2.24, 2.45) is 11.8 Å². The van der Waals surface area contributed by atoms with Crippen LogP contribution in [0.1, 0.15) is 74.2 Å². The molecule has 7 nitrogen and oxygen atoms in total. The summed E-state index contributed by atoms with van der Waals surface area (Å²) in [6.07, 6.45) is 6.25. The average Bonchev–Trinajstić information content (AvgIpc) is 2.99. The number of carbonyl (C=O) groups excluding carboxylic acids is 2. The van der Waals surface area contributed by atoms with E-state index in [0.29, 0.717) is 47.0 Å². The number of hydrogen-bond donors (Lipinski definition) is 0. The van der Waals surface area contributed by atoms with Crippen molar-refractivity contribution < 1.29 is 75.6 Å². The Bertz CT molecular complexity index is 1120. The maximum absolute atomic E-state index is 13.2. The zero-order valence-corrected chi connectivity index (χ0v) is 29.4. The predicted molar refractivity (Wildman–Crippen MR) is 157 cm³/mol. The summed E-state index contributed by atoms with van der Waals surface area (Å²) in [6, 6.07) is 12.6. The molecular weight excluding hydrogens is 567 g/mol. The Balaban J connectivity index is 0.00000192. The molecule has 2 amide bonds. The summed E-state index contributed by atoms with van der Waals surface area (Å²) in [6.45, 7) is 4.95. The Hall–Kier alpha value is -1.13. The molecule has 1 heterocycles. The molecule has 1 saturated heterocycles. The zero-order valence-electron chi connectivity index (χ0n) is 25.5. The number of likely N-dealkylation sites (tertiary alicyclic amines) is 1. The van der Waals surface area contributed by atoms with Crippen molar-refractivity contribution in [2.75, 3.05) is 40.9 Å². The molecule has 0 aromatic heterocycles. The van der Waals surface area contributed by atoms with Gasteiger partial charge in [0.05, 0.1) is 23.8 Å². The van der Waals surface area contributed by atoms with Gasteiger partial charge in [0.2, 0.25) is 5.91 Å². The molecule has 0 spiro atoms. The quantitative estimate of drug-likeness (QED) is 0.429. The molecule has 1 atom stereocenters. The van der Waals surface area contributed by atoms with Crippen LogP contribution in [-0.2, 0) is 4.79 Å². The van der Waals surface area contributed by atoms with Crippen LogP contribution in [0.4, 0.5) is 0 Å². The minimum atomic E-state index is -0.669. The predicted octanol–water partition coefficient (Wildman–Crippen LogP) is 2.40. The standard InChI is InChI=1S/C30H38ClN2O5.C2H6.K/c1-32(2)29(35)26-12-11-25(18-28(26)31)38-23-9-7-20(8-10-23)21-13-15-33(16-14-21)30(36)27(19-34)22-5-4-6-24(17-22)37-3;1-2;/h4-6,11-12,17-18,20-21,23,27H,7-10,13-16,19H2,1-3H3;1-2H3;/q-1;;+1. The van der Waals surface area contributed by atoms with Crippen LogP contribution >= 0.6 is 11.6 Å². The van der Waals surface area contributed by atoms with Crippen LogP contribution in [0.3, 0.4) is 0 Å². The Morgan fingerprint density at radius 2 is 1.61 bits per heavy atom. The second-order valence-corrected chi connectivity index (χ2v) is 11.1. The van der Waals surface area contributed by atoms with E-state index in [9.17, 15) is 14.7 Å². The number of halogens is 1. The molecule has 4 rings (SSSR count). The number of nitrogens with zero attached hydrogens (tertiary/aromatic N) is 2. The van der Waals surface area contributed by atoms with Crippen molar-refractivity contribution in [1.82, 2.24) is 9.80 Å². The van der Waals surface area contributed by atoms with Crippen molar-refractivity contribution in [3.05, 3.63) is 58.6 Å². The summed E-state index contributed by atoms with van der Waals surface area (Å²) >= 11 is 6.34. The summed E-state index contributed by atoms with van der Waals surface area (Å²) in [7, 11) is 4.99. The Labute approximate surface area is 293 Å². The molecule has 1 aliphatic heterocycles. The summed E-state index contributed by atoms with van der Waals surface area (Å²) in [5, 5.41) is 12.4. The first-order chi connectivity index (χ1) is 19.3. The van der Waals surface area contributed by atoms with E-state index < -0.39 is 12.5 Å². The van der Waals surface area contributed by atoms with E-state index in [1.807, 2.05) is 43.0 Å². The van der Waals surface area contributed by atoms with Crippen molar-refractivity contribution in [3.63, 3.8) is 0 Å². The molecule has 1 saturated carbocycles. The molecule has 1 unspecified atom stereocenters. The van der Waals surface area contributed by atoms with Gasteiger partial charge in [-0.05, 0) is 86.3 Å². The van der Waals surface area contributed by atoms with E-state index >= 15 is 0 Å². The summed E-state index contributed by atoms with van der Waals surface area (Å²) in [5.74, 6) is 1.71. The van der Waals surface area contributed by atoms with Gasteiger partial charge in [0.25, 0.3) is 5.91 Å². The number of ether oxygens (including phenoxy) is 2. The third-order valence-corrected chi connectivity index (χ3v) is 8.39. The molecule has 2 aliphatic rings. The summed E-state index contributed by atoms with van der Waals surface area (Å²) in [5.41, 5.74) is 1.20. The van der Waals surface area contributed by atoms with Crippen molar-refractivity contribution >= 4 is 23.4 Å². The molecule has 41 heavy (non-hydrogen) atoms. The molecule has 0 bridgehead atoms. The largest absolute Gasteiger partial charge is 1.00 e. The van der Waals surface area contributed by atoms with Gasteiger partial charge < -0.3 is 24.4 Å². The van der Waals surface area contributed by atoms with Gasteiger partial charge in [0, 0.05) is 33.1 Å². The third-order valence-electron chi connectivity index (χ3n) is 8.08. The average molecular weight is 611 g/mol. The molecule has 220 valence electrons. The monoisotopic (exact) mass is 610 g/mol. The second kappa shape index (κ2) is 17.9. The van der Waals surface area contributed by atoms with Gasteiger partial charge in [-0.2, -0.15) is 0 Å². The normalized spacial score (nSPS) is 19.6. The van der Waals surface area contributed by atoms with E-state index in [4.69, 9.17) is 21.1 Å². The van der Waals surface area contributed by atoms with Crippen LogP contribution in [0, 0.1) is 11.8 Å². The fourth-order valence-corrected chi connectivity index (χ4v) is 6.09. The fourth-order valence-electron chi connectivity index (χ4n) is 5.83. The van der Waals surface area contributed by atoms with E-state index in [1.165, 1.54) is 4.90 Å². The maximum Gasteiger partial charge on any atom is 1.00 e. The van der Waals surface area contributed by atoms with E-state index in [0.717, 1.165) is 44.1 Å². The first-order valence-electron chi connectivity index (χ1n) is 14.5. The van der Waals surface area contributed by atoms with Gasteiger partial charge in [-0.1, -0.05) is 37.6 Å². The van der Waals surface area contributed by atoms with Gasteiger partial charge in [-0.25, -0.2) is 0 Å². The van der Waals surface area contributed by atoms with Gasteiger partial charge in [-0.15, -0.1) is 6.61 Å². The molecule has 9 heteroatoms. The molecule has 2 aromatic rings. The molecule has 0 radical (unpaired) electrons. The van der Waals surface area contributed by atoms with Crippen molar-refractivity contribution in [2.45, 2.75) is 64.4 Å². The first kappa shape index (κ1) is 36.1. The first-order valence-corrected chi connectivity index (χ1v) is 14.9. The summed E-state index contributed by atoms with van der Waals surface area (Å²) < 4.78 is 11.5. The van der Waals surface area contributed by atoms with Crippen LogP contribution in [-0.4, -0.2) is 68.6 Å². The molecule has 2 aromatic carbocycles. The van der Waals surface area contributed by atoms with E-state index in [1.54, 1.807) is 39.4 Å². The van der Waals surface area contributed by atoms with Crippen molar-refractivity contribution in [3.8, 4) is 11.5 Å². The summed E-state index contributed by atoms with van der Waals surface area (Å²) in [4.78, 5) is 28.8. The van der Waals surface area contributed by atoms with Crippen LogP contribution in [0.5, 0.6) is 11.5 Å². The van der Waals surface area contributed by atoms with Gasteiger partial charge in [0.15, 0.2) is 0 Å².